The predicted molar refractivity (Wildman–Crippen MR) is 88.9 cm³/mol. The number of anilines is 1. The first-order valence-electron chi connectivity index (χ1n) is 5.29. The van der Waals surface area contributed by atoms with E-state index in [-0.39, 0.29) is 10.2 Å². The van der Waals surface area contributed by atoms with E-state index in [0.29, 0.717) is 16.1 Å². The second-order valence-electron chi connectivity index (χ2n) is 3.82. The van der Waals surface area contributed by atoms with Crippen LogP contribution in [0.25, 0.3) is 0 Å². The van der Waals surface area contributed by atoms with Gasteiger partial charge < -0.3 is 5.32 Å². The molecule has 0 saturated heterocycles. The van der Waals surface area contributed by atoms with Gasteiger partial charge in [0.1, 0.15) is 5.82 Å². The zero-order chi connectivity index (χ0) is 14.9. The fraction of sp³-hybridized carbons (Fsp3) is 0. The smallest absolute Gasteiger partial charge is 0.256 e. The minimum Gasteiger partial charge on any atom is -0.318 e. The van der Waals surface area contributed by atoms with Crippen LogP contribution in [0, 0.1) is 15.2 Å². The fourth-order valence-electron chi connectivity index (χ4n) is 1.51. The average Bonchev–Trinajstić information content (AvgIpc) is 2.36. The molecule has 0 unspecified atom stereocenters. The number of carbonyl (C=O) groups excluding carboxylic acids is 1. The third-order valence-electron chi connectivity index (χ3n) is 2.42. The normalized spacial score (nSPS) is 10.4. The van der Waals surface area contributed by atoms with Crippen molar-refractivity contribution < 1.29 is 13.6 Å². The van der Waals surface area contributed by atoms with E-state index in [0.717, 1.165) is 9.64 Å². The van der Waals surface area contributed by atoms with Crippen molar-refractivity contribution in [2.45, 2.75) is 0 Å². The number of halogens is 5. The summed E-state index contributed by atoms with van der Waals surface area (Å²) in [5.41, 5.74) is 0.273. The standard InChI is InChI=1S/C13H6Br2F2INO/c14-9-2-1-7(18)5-8(9)13(20)19-12-10(15)3-6(16)4-11(12)17/h1-5H,(H,19,20). The van der Waals surface area contributed by atoms with Crippen molar-refractivity contribution in [3.8, 4) is 0 Å². The molecule has 0 fully saturated rings. The van der Waals surface area contributed by atoms with Gasteiger partial charge in [-0.15, -0.1) is 0 Å². The molecule has 0 radical (unpaired) electrons. The Morgan fingerprint density at radius 3 is 2.45 bits per heavy atom. The van der Waals surface area contributed by atoms with Crippen LogP contribution in [0.1, 0.15) is 10.4 Å². The lowest BCUT2D eigenvalue weighted by Gasteiger charge is -2.10. The summed E-state index contributed by atoms with van der Waals surface area (Å²) in [5.74, 6) is -2.05. The van der Waals surface area contributed by atoms with Crippen molar-refractivity contribution in [1.29, 1.82) is 0 Å². The van der Waals surface area contributed by atoms with Gasteiger partial charge in [0.2, 0.25) is 0 Å². The van der Waals surface area contributed by atoms with Crippen LogP contribution < -0.4 is 5.32 Å². The molecule has 7 heteroatoms. The topological polar surface area (TPSA) is 29.1 Å². The van der Waals surface area contributed by atoms with Gasteiger partial charge in [0, 0.05) is 18.6 Å². The molecule has 2 aromatic carbocycles. The van der Waals surface area contributed by atoms with Crippen LogP contribution in [0.3, 0.4) is 0 Å². The number of rotatable bonds is 2. The largest absolute Gasteiger partial charge is 0.318 e. The lowest BCUT2D eigenvalue weighted by atomic mass is 10.2. The Morgan fingerprint density at radius 1 is 1.10 bits per heavy atom. The summed E-state index contributed by atoms with van der Waals surface area (Å²) in [6.07, 6.45) is 0. The van der Waals surface area contributed by atoms with Crippen LogP contribution in [-0.4, -0.2) is 5.91 Å². The highest BCUT2D eigenvalue weighted by Crippen LogP contribution is 2.28. The van der Waals surface area contributed by atoms with Crippen LogP contribution in [0.4, 0.5) is 14.5 Å². The number of hydrogen-bond acceptors (Lipinski definition) is 1. The zero-order valence-electron chi connectivity index (χ0n) is 9.68. The molecular weight excluding hydrogens is 511 g/mol. The number of benzene rings is 2. The van der Waals surface area contributed by atoms with E-state index in [1.165, 1.54) is 0 Å². The summed E-state index contributed by atoms with van der Waals surface area (Å²) in [4.78, 5) is 12.2. The zero-order valence-corrected chi connectivity index (χ0v) is 15.0. The van der Waals surface area contributed by atoms with Gasteiger partial charge >= 0.3 is 0 Å². The molecule has 0 aromatic heterocycles. The van der Waals surface area contributed by atoms with Crippen molar-refractivity contribution in [1.82, 2.24) is 0 Å². The van der Waals surface area contributed by atoms with E-state index < -0.39 is 17.5 Å². The Bertz CT molecular complexity index is 671. The predicted octanol–water partition coefficient (Wildman–Crippen LogP) is 5.35. The van der Waals surface area contributed by atoms with E-state index in [1.54, 1.807) is 12.1 Å². The summed E-state index contributed by atoms with van der Waals surface area (Å²) in [6.45, 7) is 0. The van der Waals surface area contributed by atoms with Crippen LogP contribution in [0.15, 0.2) is 39.3 Å². The first-order chi connectivity index (χ1) is 9.38. The van der Waals surface area contributed by atoms with Gasteiger partial charge in [0.15, 0.2) is 5.82 Å². The summed E-state index contributed by atoms with van der Waals surface area (Å²) in [5, 5.41) is 2.43. The molecule has 0 aliphatic carbocycles. The third kappa shape index (κ3) is 3.56. The Kier molecular flexibility index (Phi) is 5.14. The Morgan fingerprint density at radius 2 is 1.80 bits per heavy atom. The molecule has 1 amide bonds. The van der Waals surface area contributed by atoms with Gasteiger partial charge in [0.25, 0.3) is 5.91 Å². The van der Waals surface area contributed by atoms with Gasteiger partial charge in [-0.25, -0.2) is 8.78 Å². The first kappa shape index (κ1) is 15.8. The molecular formula is C13H6Br2F2INO. The van der Waals surface area contributed by atoms with Crippen molar-refractivity contribution in [3.63, 3.8) is 0 Å². The SMILES string of the molecule is O=C(Nc1c(F)cc(F)cc1Br)c1cc(I)ccc1Br. The molecule has 0 heterocycles. The molecule has 2 aromatic rings. The molecule has 0 saturated carbocycles. The molecule has 1 N–H and O–H groups in total. The number of amides is 1. The Labute approximate surface area is 144 Å². The van der Waals surface area contributed by atoms with Crippen molar-refractivity contribution in [2.75, 3.05) is 5.32 Å². The maximum absolute atomic E-state index is 13.7. The van der Waals surface area contributed by atoms with E-state index in [1.807, 2.05) is 6.07 Å². The molecule has 104 valence electrons. The molecule has 0 aliphatic heterocycles. The van der Waals surface area contributed by atoms with E-state index in [4.69, 9.17) is 0 Å². The van der Waals surface area contributed by atoms with Crippen LogP contribution in [0.2, 0.25) is 0 Å². The highest BCUT2D eigenvalue weighted by molar-refractivity contribution is 14.1. The molecule has 0 atom stereocenters. The molecule has 0 bridgehead atoms. The Hall–Kier alpha value is -0.540. The second-order valence-corrected chi connectivity index (χ2v) is 6.78. The lowest BCUT2D eigenvalue weighted by molar-refractivity contribution is 0.102. The summed E-state index contributed by atoms with van der Waals surface area (Å²) >= 11 is 8.36. The van der Waals surface area contributed by atoms with Crippen LogP contribution >= 0.6 is 54.5 Å². The molecule has 2 rings (SSSR count). The van der Waals surface area contributed by atoms with Crippen LogP contribution in [-0.2, 0) is 0 Å². The first-order valence-corrected chi connectivity index (χ1v) is 7.96. The number of nitrogens with one attached hydrogen (secondary N) is 1. The van der Waals surface area contributed by atoms with E-state index >= 15 is 0 Å². The van der Waals surface area contributed by atoms with Crippen molar-refractivity contribution in [2.24, 2.45) is 0 Å². The third-order valence-corrected chi connectivity index (χ3v) is 4.41. The van der Waals surface area contributed by atoms with E-state index in [2.05, 4.69) is 59.8 Å². The summed E-state index contributed by atoms with van der Waals surface area (Å²) in [6, 6.07) is 7.02. The van der Waals surface area contributed by atoms with Gasteiger partial charge in [-0.2, -0.15) is 0 Å². The highest BCUT2D eigenvalue weighted by Gasteiger charge is 2.16. The second kappa shape index (κ2) is 6.48. The molecule has 0 aliphatic rings. The minimum atomic E-state index is -0.841. The van der Waals surface area contributed by atoms with Gasteiger partial charge in [-0.05, 0) is 78.7 Å². The molecule has 0 spiro atoms. The lowest BCUT2D eigenvalue weighted by Crippen LogP contribution is -2.14. The van der Waals surface area contributed by atoms with Crippen molar-refractivity contribution in [3.05, 3.63) is 60.0 Å². The number of hydrogen-bond donors (Lipinski definition) is 1. The summed E-state index contributed by atoms with van der Waals surface area (Å²) in [7, 11) is 0. The highest BCUT2D eigenvalue weighted by atomic mass is 127. The quantitative estimate of drug-likeness (QED) is 0.536. The molecule has 20 heavy (non-hydrogen) atoms. The monoisotopic (exact) mass is 515 g/mol. The van der Waals surface area contributed by atoms with Crippen molar-refractivity contribution >= 4 is 66.0 Å². The summed E-state index contributed by atoms with van der Waals surface area (Å²) < 4.78 is 28.3. The maximum atomic E-state index is 13.7. The molecule has 2 nitrogen and oxygen atoms in total. The Balaban J connectivity index is 2.35. The van der Waals surface area contributed by atoms with Gasteiger partial charge in [-0.3, -0.25) is 4.79 Å². The maximum Gasteiger partial charge on any atom is 0.256 e. The van der Waals surface area contributed by atoms with Gasteiger partial charge in [-0.1, -0.05) is 0 Å². The van der Waals surface area contributed by atoms with Crippen LogP contribution in [0.5, 0.6) is 0 Å². The van der Waals surface area contributed by atoms with Gasteiger partial charge in [0.05, 0.1) is 11.3 Å². The van der Waals surface area contributed by atoms with E-state index in [9.17, 15) is 13.6 Å². The number of carbonyl (C=O) groups is 1. The fourth-order valence-corrected chi connectivity index (χ4v) is 2.94. The minimum absolute atomic E-state index is 0.0952. The average molecular weight is 517 g/mol.